The molecule has 1 N–H and O–H groups in total. The third kappa shape index (κ3) is 3.61. The van der Waals surface area contributed by atoms with Crippen LogP contribution in [0.25, 0.3) is 0 Å². The van der Waals surface area contributed by atoms with Crippen LogP contribution < -0.4 is 5.32 Å². The van der Waals surface area contributed by atoms with E-state index in [1.807, 2.05) is 13.1 Å². The monoisotopic (exact) mass is 279 g/mol. The Morgan fingerprint density at radius 2 is 2.20 bits per heavy atom. The van der Waals surface area contributed by atoms with E-state index in [1.165, 1.54) is 6.42 Å². The zero-order valence-electron chi connectivity index (χ0n) is 13.5. The van der Waals surface area contributed by atoms with Crippen molar-refractivity contribution in [3.63, 3.8) is 0 Å². The van der Waals surface area contributed by atoms with Gasteiger partial charge in [0.15, 0.2) is 0 Å². The Hall–Kier alpha value is -0.870. The molecule has 0 saturated carbocycles. The second-order valence-corrected chi connectivity index (χ2v) is 6.48. The zero-order valence-corrected chi connectivity index (χ0v) is 13.5. The number of oxazole rings is 1. The quantitative estimate of drug-likeness (QED) is 0.899. The number of aryl methyl sites for hydroxylation is 1. The minimum Gasteiger partial charge on any atom is -0.444 e. The van der Waals surface area contributed by atoms with E-state index in [1.54, 1.807) is 0 Å². The highest BCUT2D eigenvalue weighted by Gasteiger charge is 2.32. The van der Waals surface area contributed by atoms with E-state index >= 15 is 0 Å². The average molecular weight is 279 g/mol. The third-order valence-electron chi connectivity index (χ3n) is 4.26. The summed E-state index contributed by atoms with van der Waals surface area (Å²) < 4.78 is 5.73. The van der Waals surface area contributed by atoms with Crippen molar-refractivity contribution in [1.82, 2.24) is 15.2 Å². The highest BCUT2D eigenvalue weighted by Crippen LogP contribution is 2.26. The first-order valence-electron chi connectivity index (χ1n) is 7.92. The predicted octanol–water partition coefficient (Wildman–Crippen LogP) is 3.14. The van der Waals surface area contributed by atoms with Crippen molar-refractivity contribution < 1.29 is 4.42 Å². The highest BCUT2D eigenvalue weighted by molar-refractivity contribution is 4.99. The number of aromatic nitrogens is 1. The van der Waals surface area contributed by atoms with Crippen LogP contribution in [0.2, 0.25) is 0 Å². The molecule has 4 nitrogen and oxygen atoms in total. The summed E-state index contributed by atoms with van der Waals surface area (Å²) in [6.45, 7) is 13.2. The van der Waals surface area contributed by atoms with Gasteiger partial charge in [-0.1, -0.05) is 20.8 Å². The molecule has 0 aromatic carbocycles. The Bertz CT molecular complexity index is 416. The molecule has 1 aliphatic rings. The van der Waals surface area contributed by atoms with Crippen molar-refractivity contribution in [3.8, 4) is 0 Å². The summed E-state index contributed by atoms with van der Waals surface area (Å²) in [4.78, 5) is 6.98. The normalized spacial score (nSPS) is 26.1. The molecule has 0 amide bonds. The van der Waals surface area contributed by atoms with Gasteiger partial charge in [0.2, 0.25) is 5.89 Å². The van der Waals surface area contributed by atoms with Crippen LogP contribution >= 0.6 is 0 Å². The smallest absolute Gasteiger partial charge is 0.211 e. The lowest BCUT2D eigenvalue weighted by molar-refractivity contribution is 0.0679. The summed E-state index contributed by atoms with van der Waals surface area (Å²) in [6, 6.07) is 1.40. The SMILES string of the molecule is CCC1CNC(CC(C)C)CN1C(C)c1ncc(C)o1. The van der Waals surface area contributed by atoms with E-state index in [2.05, 4.69) is 42.9 Å². The van der Waals surface area contributed by atoms with E-state index in [9.17, 15) is 0 Å². The number of nitrogens with one attached hydrogen (secondary N) is 1. The maximum Gasteiger partial charge on any atom is 0.211 e. The Kier molecular flexibility index (Phi) is 5.22. The fraction of sp³-hybridized carbons (Fsp3) is 0.812. The lowest BCUT2D eigenvalue weighted by Gasteiger charge is -2.43. The van der Waals surface area contributed by atoms with E-state index < -0.39 is 0 Å². The topological polar surface area (TPSA) is 41.3 Å². The highest BCUT2D eigenvalue weighted by atomic mass is 16.4. The molecule has 0 aliphatic carbocycles. The second kappa shape index (κ2) is 6.72. The maximum atomic E-state index is 5.73. The van der Waals surface area contributed by atoms with Gasteiger partial charge < -0.3 is 9.73 Å². The van der Waals surface area contributed by atoms with Crippen LogP contribution in [-0.2, 0) is 0 Å². The molecule has 2 heterocycles. The van der Waals surface area contributed by atoms with Crippen LogP contribution in [0.5, 0.6) is 0 Å². The molecule has 3 unspecified atom stereocenters. The number of rotatable bonds is 5. The molecule has 2 rings (SSSR count). The van der Waals surface area contributed by atoms with Crippen LogP contribution in [0.3, 0.4) is 0 Å². The van der Waals surface area contributed by atoms with Gasteiger partial charge in [0, 0.05) is 25.2 Å². The van der Waals surface area contributed by atoms with Crippen molar-refractivity contribution in [1.29, 1.82) is 0 Å². The van der Waals surface area contributed by atoms with Gasteiger partial charge in [-0.25, -0.2) is 4.98 Å². The van der Waals surface area contributed by atoms with Gasteiger partial charge in [-0.15, -0.1) is 0 Å². The largest absolute Gasteiger partial charge is 0.444 e. The molecular formula is C16H29N3O. The molecule has 4 heteroatoms. The number of piperazine rings is 1. The molecule has 3 atom stereocenters. The molecule has 0 radical (unpaired) electrons. The molecule has 0 bridgehead atoms. The summed E-state index contributed by atoms with van der Waals surface area (Å²) in [5.74, 6) is 2.48. The maximum absolute atomic E-state index is 5.73. The first-order valence-corrected chi connectivity index (χ1v) is 7.92. The van der Waals surface area contributed by atoms with E-state index in [-0.39, 0.29) is 6.04 Å². The lowest BCUT2D eigenvalue weighted by Crippen LogP contribution is -2.57. The first kappa shape index (κ1) is 15.5. The summed E-state index contributed by atoms with van der Waals surface area (Å²) in [7, 11) is 0. The fourth-order valence-corrected chi connectivity index (χ4v) is 3.18. The second-order valence-electron chi connectivity index (χ2n) is 6.48. The number of hydrogen-bond donors (Lipinski definition) is 1. The van der Waals surface area contributed by atoms with Crippen molar-refractivity contribution in [2.24, 2.45) is 5.92 Å². The standard InChI is InChI=1S/C16H29N3O/c1-6-15-9-17-14(7-11(2)3)10-19(15)13(5)16-18-8-12(4)20-16/h8,11,13-15,17H,6-7,9-10H2,1-5H3. The third-order valence-corrected chi connectivity index (χ3v) is 4.26. The Morgan fingerprint density at radius 1 is 1.45 bits per heavy atom. The Morgan fingerprint density at radius 3 is 2.75 bits per heavy atom. The van der Waals surface area contributed by atoms with Crippen molar-refractivity contribution in [3.05, 3.63) is 17.8 Å². The summed E-state index contributed by atoms with van der Waals surface area (Å²) in [6.07, 6.45) is 4.20. The van der Waals surface area contributed by atoms with Gasteiger partial charge >= 0.3 is 0 Å². The van der Waals surface area contributed by atoms with E-state index in [0.717, 1.165) is 37.1 Å². The molecule has 1 aliphatic heterocycles. The summed E-state index contributed by atoms with van der Waals surface area (Å²) in [5, 5.41) is 3.70. The van der Waals surface area contributed by atoms with Crippen molar-refractivity contribution in [2.75, 3.05) is 13.1 Å². The average Bonchev–Trinajstić information content (AvgIpc) is 2.84. The van der Waals surface area contributed by atoms with Gasteiger partial charge in [-0.3, -0.25) is 4.90 Å². The molecule has 1 fully saturated rings. The molecule has 1 saturated heterocycles. The van der Waals surface area contributed by atoms with Crippen molar-refractivity contribution >= 4 is 0 Å². The summed E-state index contributed by atoms with van der Waals surface area (Å²) in [5.41, 5.74) is 0. The summed E-state index contributed by atoms with van der Waals surface area (Å²) >= 11 is 0. The Balaban J connectivity index is 2.08. The molecule has 1 aromatic rings. The fourth-order valence-electron chi connectivity index (χ4n) is 3.18. The number of hydrogen-bond acceptors (Lipinski definition) is 4. The van der Waals surface area contributed by atoms with E-state index in [0.29, 0.717) is 12.1 Å². The van der Waals surface area contributed by atoms with Gasteiger partial charge in [0.25, 0.3) is 0 Å². The minimum atomic E-state index is 0.255. The van der Waals surface area contributed by atoms with Gasteiger partial charge in [-0.2, -0.15) is 0 Å². The molecule has 114 valence electrons. The van der Waals surface area contributed by atoms with E-state index in [4.69, 9.17) is 4.42 Å². The van der Waals surface area contributed by atoms with Crippen molar-refractivity contribution in [2.45, 2.75) is 65.6 Å². The van der Waals surface area contributed by atoms with Crippen LogP contribution in [0.1, 0.15) is 58.2 Å². The predicted molar refractivity (Wildman–Crippen MR) is 81.7 cm³/mol. The molecule has 0 spiro atoms. The molecule has 1 aromatic heterocycles. The van der Waals surface area contributed by atoms with Crippen LogP contribution in [0.15, 0.2) is 10.6 Å². The van der Waals surface area contributed by atoms with Gasteiger partial charge in [-0.05, 0) is 32.6 Å². The van der Waals surface area contributed by atoms with Crippen LogP contribution in [0, 0.1) is 12.8 Å². The number of nitrogens with zero attached hydrogens (tertiary/aromatic N) is 2. The minimum absolute atomic E-state index is 0.255. The molecule has 20 heavy (non-hydrogen) atoms. The molecular weight excluding hydrogens is 250 g/mol. The van der Waals surface area contributed by atoms with Crippen LogP contribution in [-0.4, -0.2) is 35.1 Å². The van der Waals surface area contributed by atoms with Gasteiger partial charge in [0.1, 0.15) is 5.76 Å². The van der Waals surface area contributed by atoms with Crippen LogP contribution in [0.4, 0.5) is 0 Å². The Labute approximate surface area is 122 Å². The zero-order chi connectivity index (χ0) is 14.7. The van der Waals surface area contributed by atoms with Gasteiger partial charge in [0.05, 0.1) is 12.2 Å². The first-order chi connectivity index (χ1) is 9.51. The lowest BCUT2D eigenvalue weighted by atomic mass is 9.97.